The number of para-hydroxylation sites is 1. The Morgan fingerprint density at radius 1 is 1.17 bits per heavy atom. The second-order valence-corrected chi connectivity index (χ2v) is 4.69. The molecule has 1 aromatic carbocycles. The molecule has 18 heavy (non-hydrogen) atoms. The fraction of sp³-hybridized carbons (Fsp3) is 0.600. The third-order valence-corrected chi connectivity index (χ3v) is 3.17. The van der Waals surface area contributed by atoms with Gasteiger partial charge in [-0.2, -0.15) is 0 Å². The third-order valence-electron chi connectivity index (χ3n) is 3.17. The maximum absolute atomic E-state index is 9.23. The van der Waals surface area contributed by atoms with Gasteiger partial charge >= 0.3 is 0 Å². The molecular formula is C15H25NO2. The van der Waals surface area contributed by atoms with Crippen molar-refractivity contribution in [2.45, 2.75) is 52.8 Å². The number of hydrogen-bond acceptors (Lipinski definition) is 3. The quantitative estimate of drug-likeness (QED) is 0.732. The molecule has 3 nitrogen and oxygen atoms in total. The number of aryl methyl sites for hydroxylation is 2. The first-order valence-electron chi connectivity index (χ1n) is 6.72. The van der Waals surface area contributed by atoms with Crippen molar-refractivity contribution in [3.05, 3.63) is 29.3 Å². The molecule has 0 spiro atoms. The molecule has 0 saturated heterocycles. The molecule has 0 aliphatic rings. The minimum absolute atomic E-state index is 0.0538. The average molecular weight is 251 g/mol. The van der Waals surface area contributed by atoms with Gasteiger partial charge in [-0.25, -0.2) is 0 Å². The zero-order valence-corrected chi connectivity index (χ0v) is 11.9. The molecule has 0 amide bonds. The zero-order valence-electron chi connectivity index (χ0n) is 11.9. The van der Waals surface area contributed by atoms with E-state index in [1.165, 1.54) is 0 Å². The van der Waals surface area contributed by atoms with Crippen LogP contribution in [0.25, 0.3) is 0 Å². The van der Waals surface area contributed by atoms with E-state index >= 15 is 0 Å². The van der Waals surface area contributed by atoms with Gasteiger partial charge < -0.3 is 9.84 Å². The Balaban J connectivity index is 2.73. The first kappa shape index (κ1) is 15.0. The number of rotatable bonds is 7. The summed E-state index contributed by atoms with van der Waals surface area (Å²) in [6.45, 7) is 8.38. The van der Waals surface area contributed by atoms with Gasteiger partial charge in [-0.15, -0.1) is 0 Å². The van der Waals surface area contributed by atoms with E-state index in [4.69, 9.17) is 4.74 Å². The molecule has 1 aromatic rings. The molecule has 0 aliphatic carbocycles. The van der Waals surface area contributed by atoms with Crippen LogP contribution < -0.4 is 10.1 Å². The Labute approximate surface area is 110 Å². The summed E-state index contributed by atoms with van der Waals surface area (Å²) in [4.78, 5) is 0. The molecule has 3 heteroatoms. The first-order valence-corrected chi connectivity index (χ1v) is 6.72. The maximum Gasteiger partial charge on any atom is 0.150 e. The van der Waals surface area contributed by atoms with Crippen LogP contribution in [0.1, 0.15) is 37.8 Å². The highest BCUT2D eigenvalue weighted by atomic mass is 16.5. The summed E-state index contributed by atoms with van der Waals surface area (Å²) in [6, 6.07) is 6.24. The SMILES string of the molecule is CCC(CO)NC(CC)Oc1c(C)cccc1C. The number of hydrogen-bond donors (Lipinski definition) is 2. The Hall–Kier alpha value is -1.06. The van der Waals surface area contributed by atoms with Crippen molar-refractivity contribution < 1.29 is 9.84 Å². The number of benzene rings is 1. The van der Waals surface area contributed by atoms with Crippen LogP contribution in [0.15, 0.2) is 18.2 Å². The van der Waals surface area contributed by atoms with Crippen LogP contribution in [-0.2, 0) is 0 Å². The van der Waals surface area contributed by atoms with E-state index in [9.17, 15) is 5.11 Å². The van der Waals surface area contributed by atoms with Gasteiger partial charge in [0.05, 0.1) is 6.61 Å². The van der Waals surface area contributed by atoms with Crippen molar-refractivity contribution in [1.82, 2.24) is 5.32 Å². The van der Waals surface area contributed by atoms with E-state index in [1.807, 2.05) is 6.07 Å². The second-order valence-electron chi connectivity index (χ2n) is 4.69. The number of ether oxygens (including phenoxy) is 1. The van der Waals surface area contributed by atoms with Crippen LogP contribution in [0.4, 0.5) is 0 Å². The smallest absolute Gasteiger partial charge is 0.150 e. The molecule has 0 heterocycles. The van der Waals surface area contributed by atoms with Crippen LogP contribution >= 0.6 is 0 Å². The highest BCUT2D eigenvalue weighted by Gasteiger charge is 2.15. The van der Waals surface area contributed by atoms with Crippen LogP contribution in [-0.4, -0.2) is 24.0 Å². The number of aliphatic hydroxyl groups is 1. The van der Waals surface area contributed by atoms with Crippen molar-refractivity contribution in [2.24, 2.45) is 0 Å². The number of nitrogens with one attached hydrogen (secondary N) is 1. The molecule has 0 aromatic heterocycles. The minimum atomic E-state index is -0.0538. The van der Waals surface area contributed by atoms with Gasteiger partial charge in [0.2, 0.25) is 0 Å². The van der Waals surface area contributed by atoms with E-state index in [2.05, 4.69) is 45.1 Å². The van der Waals surface area contributed by atoms with Gasteiger partial charge in [-0.05, 0) is 37.8 Å². The first-order chi connectivity index (χ1) is 8.62. The molecule has 0 saturated carbocycles. The van der Waals surface area contributed by atoms with Crippen LogP contribution in [0.5, 0.6) is 5.75 Å². The van der Waals surface area contributed by atoms with Gasteiger partial charge in [0, 0.05) is 6.04 Å². The average Bonchev–Trinajstić information content (AvgIpc) is 2.38. The normalized spacial score (nSPS) is 14.3. The van der Waals surface area contributed by atoms with E-state index in [0.717, 1.165) is 29.7 Å². The molecule has 2 N–H and O–H groups in total. The summed E-state index contributed by atoms with van der Waals surface area (Å²) in [6.07, 6.45) is 1.70. The Morgan fingerprint density at radius 2 is 1.78 bits per heavy atom. The largest absolute Gasteiger partial charge is 0.475 e. The summed E-state index contributed by atoms with van der Waals surface area (Å²) in [5.74, 6) is 0.949. The van der Waals surface area contributed by atoms with Crippen LogP contribution in [0.2, 0.25) is 0 Å². The van der Waals surface area contributed by atoms with E-state index in [1.54, 1.807) is 0 Å². The lowest BCUT2D eigenvalue weighted by Crippen LogP contribution is -2.43. The van der Waals surface area contributed by atoms with Crippen molar-refractivity contribution in [3.63, 3.8) is 0 Å². The molecule has 0 aliphatic heterocycles. The van der Waals surface area contributed by atoms with Gasteiger partial charge in [0.15, 0.2) is 0 Å². The monoisotopic (exact) mass is 251 g/mol. The lowest BCUT2D eigenvalue weighted by Gasteiger charge is -2.25. The van der Waals surface area contributed by atoms with Crippen molar-refractivity contribution in [1.29, 1.82) is 0 Å². The standard InChI is InChI=1S/C15H25NO2/c1-5-13(10-17)16-14(6-2)18-15-11(3)8-7-9-12(15)4/h7-9,13-14,16-17H,5-6,10H2,1-4H3. The Bertz CT molecular complexity index is 341. The predicted molar refractivity (Wildman–Crippen MR) is 74.9 cm³/mol. The minimum Gasteiger partial charge on any atom is -0.475 e. The summed E-state index contributed by atoms with van der Waals surface area (Å²) in [5, 5.41) is 12.6. The predicted octanol–water partition coefficient (Wildman–Crippen LogP) is 2.78. The molecule has 0 fully saturated rings. The van der Waals surface area contributed by atoms with Gasteiger partial charge in [-0.3, -0.25) is 5.32 Å². The van der Waals surface area contributed by atoms with Gasteiger partial charge in [0.25, 0.3) is 0 Å². The van der Waals surface area contributed by atoms with Gasteiger partial charge in [-0.1, -0.05) is 32.0 Å². The maximum atomic E-state index is 9.23. The van der Waals surface area contributed by atoms with Crippen LogP contribution in [0.3, 0.4) is 0 Å². The number of aliphatic hydroxyl groups excluding tert-OH is 1. The summed E-state index contributed by atoms with van der Waals surface area (Å²) in [5.41, 5.74) is 2.29. The van der Waals surface area contributed by atoms with E-state index in [-0.39, 0.29) is 18.9 Å². The fourth-order valence-electron chi connectivity index (χ4n) is 1.93. The topological polar surface area (TPSA) is 41.5 Å². The molecule has 2 atom stereocenters. The lowest BCUT2D eigenvalue weighted by atomic mass is 10.1. The summed E-state index contributed by atoms with van der Waals surface area (Å²) < 4.78 is 6.04. The molecule has 0 radical (unpaired) electrons. The van der Waals surface area contributed by atoms with Gasteiger partial charge in [0.1, 0.15) is 12.0 Å². The van der Waals surface area contributed by atoms with E-state index in [0.29, 0.717) is 0 Å². The van der Waals surface area contributed by atoms with E-state index < -0.39 is 0 Å². The lowest BCUT2D eigenvalue weighted by molar-refractivity contribution is 0.118. The third kappa shape index (κ3) is 4.00. The second kappa shape index (κ2) is 7.39. The highest BCUT2D eigenvalue weighted by molar-refractivity contribution is 5.39. The molecular weight excluding hydrogens is 226 g/mol. The molecule has 1 rings (SSSR count). The van der Waals surface area contributed by atoms with Crippen molar-refractivity contribution in [3.8, 4) is 5.75 Å². The summed E-state index contributed by atoms with van der Waals surface area (Å²) >= 11 is 0. The van der Waals surface area contributed by atoms with Crippen molar-refractivity contribution >= 4 is 0 Å². The molecule has 0 bridgehead atoms. The van der Waals surface area contributed by atoms with Crippen LogP contribution in [0, 0.1) is 13.8 Å². The molecule has 2 unspecified atom stereocenters. The Morgan fingerprint density at radius 3 is 2.22 bits per heavy atom. The highest BCUT2D eigenvalue weighted by Crippen LogP contribution is 2.23. The fourth-order valence-corrected chi connectivity index (χ4v) is 1.93. The summed E-state index contributed by atoms with van der Waals surface area (Å²) in [7, 11) is 0. The molecule has 102 valence electrons. The zero-order chi connectivity index (χ0) is 13.5. The Kier molecular flexibility index (Phi) is 6.16. The van der Waals surface area contributed by atoms with Crippen molar-refractivity contribution in [2.75, 3.05) is 6.61 Å².